The van der Waals surface area contributed by atoms with E-state index in [9.17, 15) is 18.0 Å². The number of hydrogen-bond donors (Lipinski definition) is 2. The van der Waals surface area contributed by atoms with Gasteiger partial charge >= 0.3 is 6.09 Å². The summed E-state index contributed by atoms with van der Waals surface area (Å²) in [6.07, 6.45) is -0.165. The van der Waals surface area contributed by atoms with Crippen LogP contribution in [0.15, 0.2) is 30.3 Å². The number of amides is 2. The minimum absolute atomic E-state index is 0.00354. The topological polar surface area (TPSA) is 119 Å². The highest BCUT2D eigenvalue weighted by Crippen LogP contribution is 2.31. The lowest BCUT2D eigenvalue weighted by Crippen LogP contribution is -2.27. The SMILES string of the molecule is CC(C)(C)OC(=O)Nc1cccc(C(=O)Nc2cc(C(C)(C)C)nn2C2CCS(=O)(=O)C2)c1. The van der Waals surface area contributed by atoms with Gasteiger partial charge in [-0.25, -0.2) is 17.9 Å². The van der Waals surface area contributed by atoms with Crippen molar-refractivity contribution >= 4 is 33.3 Å². The largest absolute Gasteiger partial charge is 0.444 e. The number of sulfone groups is 1. The van der Waals surface area contributed by atoms with Crippen molar-refractivity contribution < 1.29 is 22.7 Å². The Labute approximate surface area is 194 Å². The summed E-state index contributed by atoms with van der Waals surface area (Å²) in [7, 11) is -3.12. The molecule has 2 heterocycles. The van der Waals surface area contributed by atoms with E-state index in [1.54, 1.807) is 55.8 Å². The van der Waals surface area contributed by atoms with E-state index in [2.05, 4.69) is 15.7 Å². The van der Waals surface area contributed by atoms with E-state index in [0.717, 1.165) is 5.69 Å². The molecule has 0 radical (unpaired) electrons. The number of rotatable bonds is 4. The van der Waals surface area contributed by atoms with Gasteiger partial charge in [-0.3, -0.25) is 10.1 Å². The van der Waals surface area contributed by atoms with E-state index in [-0.39, 0.29) is 23.0 Å². The second-order valence-electron chi connectivity index (χ2n) is 10.3. The summed E-state index contributed by atoms with van der Waals surface area (Å²) in [6, 6.07) is 7.94. The second-order valence-corrected chi connectivity index (χ2v) is 12.6. The van der Waals surface area contributed by atoms with Crippen LogP contribution in [-0.4, -0.2) is 47.3 Å². The number of anilines is 2. The highest BCUT2D eigenvalue weighted by atomic mass is 32.2. The average Bonchev–Trinajstić information content (AvgIpc) is 3.23. The molecule has 1 aromatic carbocycles. The molecule has 1 atom stereocenters. The third-order valence-corrected chi connectivity index (χ3v) is 6.82. The van der Waals surface area contributed by atoms with Crippen LogP contribution >= 0.6 is 0 Å². The molecule has 2 amide bonds. The summed E-state index contributed by atoms with van der Waals surface area (Å²) in [5, 5.41) is 10.1. The van der Waals surface area contributed by atoms with Crippen LogP contribution in [0.5, 0.6) is 0 Å². The molecule has 2 N–H and O–H groups in total. The molecular weight excluding hydrogens is 444 g/mol. The van der Waals surface area contributed by atoms with Gasteiger partial charge in [-0.1, -0.05) is 26.8 Å². The average molecular weight is 477 g/mol. The lowest BCUT2D eigenvalue weighted by atomic mass is 9.92. The zero-order chi connectivity index (χ0) is 24.6. The van der Waals surface area contributed by atoms with E-state index in [1.165, 1.54) is 0 Å². The van der Waals surface area contributed by atoms with Gasteiger partial charge in [-0.15, -0.1) is 0 Å². The maximum Gasteiger partial charge on any atom is 0.412 e. The molecule has 0 aliphatic carbocycles. The van der Waals surface area contributed by atoms with Crippen molar-refractivity contribution in [2.75, 3.05) is 22.1 Å². The third kappa shape index (κ3) is 6.56. The van der Waals surface area contributed by atoms with Crippen LogP contribution in [-0.2, 0) is 20.0 Å². The summed E-state index contributed by atoms with van der Waals surface area (Å²) in [4.78, 5) is 25.1. The number of aromatic nitrogens is 2. The Morgan fingerprint density at radius 1 is 1.09 bits per heavy atom. The molecule has 2 aromatic rings. The summed E-state index contributed by atoms with van der Waals surface area (Å²) >= 11 is 0. The zero-order valence-electron chi connectivity index (χ0n) is 19.9. The summed E-state index contributed by atoms with van der Waals surface area (Å²) in [6.45, 7) is 11.3. The maximum absolute atomic E-state index is 13.0. The number of carbonyl (C=O) groups excluding carboxylic acids is 2. The van der Waals surface area contributed by atoms with Gasteiger partial charge < -0.3 is 10.1 Å². The number of ether oxygens (including phenoxy) is 1. The Kier molecular flexibility index (Phi) is 6.61. The molecular formula is C23H32N4O5S. The summed E-state index contributed by atoms with van der Waals surface area (Å²) in [5.74, 6) is 0.146. The van der Waals surface area contributed by atoms with Gasteiger partial charge in [0.2, 0.25) is 0 Å². The lowest BCUT2D eigenvalue weighted by Gasteiger charge is -2.19. The number of nitrogens with one attached hydrogen (secondary N) is 2. The fourth-order valence-electron chi connectivity index (χ4n) is 3.45. The highest BCUT2D eigenvalue weighted by molar-refractivity contribution is 7.91. The van der Waals surface area contributed by atoms with Crippen molar-refractivity contribution in [3.8, 4) is 0 Å². The van der Waals surface area contributed by atoms with Gasteiger partial charge in [0.15, 0.2) is 9.84 Å². The zero-order valence-corrected chi connectivity index (χ0v) is 20.7. The van der Waals surface area contributed by atoms with Crippen LogP contribution in [0.25, 0.3) is 0 Å². The molecule has 3 rings (SSSR count). The van der Waals surface area contributed by atoms with E-state index in [0.29, 0.717) is 23.5 Å². The van der Waals surface area contributed by atoms with Crippen molar-refractivity contribution in [2.24, 2.45) is 0 Å². The van der Waals surface area contributed by atoms with Gasteiger partial charge in [-0.05, 0) is 45.4 Å². The Balaban J connectivity index is 1.82. The Morgan fingerprint density at radius 3 is 2.36 bits per heavy atom. The molecule has 0 spiro atoms. The van der Waals surface area contributed by atoms with Crippen molar-refractivity contribution in [3.05, 3.63) is 41.6 Å². The van der Waals surface area contributed by atoms with Crippen LogP contribution in [0.3, 0.4) is 0 Å². The molecule has 0 saturated carbocycles. The third-order valence-electron chi connectivity index (χ3n) is 5.07. The first-order valence-electron chi connectivity index (χ1n) is 10.8. The van der Waals surface area contributed by atoms with E-state index < -0.39 is 27.4 Å². The number of nitrogens with zero attached hydrogens (tertiary/aromatic N) is 2. The second kappa shape index (κ2) is 8.81. The molecule has 1 aromatic heterocycles. The fourth-order valence-corrected chi connectivity index (χ4v) is 5.14. The van der Waals surface area contributed by atoms with Crippen LogP contribution < -0.4 is 10.6 Å². The molecule has 1 unspecified atom stereocenters. The predicted octanol–water partition coefficient (Wildman–Crippen LogP) is 4.14. The van der Waals surface area contributed by atoms with Crippen molar-refractivity contribution in [3.63, 3.8) is 0 Å². The van der Waals surface area contributed by atoms with Crippen LogP contribution in [0, 0.1) is 0 Å². The van der Waals surface area contributed by atoms with E-state index >= 15 is 0 Å². The molecule has 33 heavy (non-hydrogen) atoms. The highest BCUT2D eigenvalue weighted by Gasteiger charge is 2.33. The molecule has 1 saturated heterocycles. The molecule has 1 fully saturated rings. The summed E-state index contributed by atoms with van der Waals surface area (Å²) in [5.41, 5.74) is 0.577. The first-order chi connectivity index (χ1) is 15.1. The molecule has 10 heteroatoms. The molecule has 0 bridgehead atoms. The van der Waals surface area contributed by atoms with Crippen molar-refractivity contribution in [2.45, 2.75) is 65.0 Å². The number of hydrogen-bond acceptors (Lipinski definition) is 6. The van der Waals surface area contributed by atoms with Gasteiger partial charge in [-0.2, -0.15) is 5.10 Å². The Hall–Kier alpha value is -2.88. The first kappa shape index (κ1) is 24.8. The van der Waals surface area contributed by atoms with Gasteiger partial charge in [0.25, 0.3) is 5.91 Å². The smallest absolute Gasteiger partial charge is 0.412 e. The molecule has 1 aliphatic rings. The van der Waals surface area contributed by atoms with Gasteiger partial charge in [0.1, 0.15) is 11.4 Å². The summed E-state index contributed by atoms with van der Waals surface area (Å²) < 4.78 is 30.9. The molecule has 180 valence electrons. The Morgan fingerprint density at radius 2 is 1.79 bits per heavy atom. The standard InChI is InChI=1S/C23H32N4O5S/c1-22(2,3)18-13-19(27(26-18)17-10-11-33(30,31)14-17)25-20(28)15-8-7-9-16(12-15)24-21(29)32-23(4,5)6/h7-9,12-13,17H,10-11,14H2,1-6H3,(H,24,29)(H,25,28). The minimum Gasteiger partial charge on any atom is -0.444 e. The number of carbonyl (C=O) groups is 2. The lowest BCUT2D eigenvalue weighted by molar-refractivity contribution is 0.0635. The monoisotopic (exact) mass is 476 g/mol. The van der Waals surface area contributed by atoms with Gasteiger partial charge in [0.05, 0.1) is 23.2 Å². The first-order valence-corrected chi connectivity index (χ1v) is 12.7. The quantitative estimate of drug-likeness (QED) is 0.684. The van der Waals surface area contributed by atoms with Crippen LogP contribution in [0.4, 0.5) is 16.3 Å². The van der Waals surface area contributed by atoms with Crippen molar-refractivity contribution in [1.82, 2.24) is 9.78 Å². The van der Waals surface area contributed by atoms with E-state index in [4.69, 9.17) is 4.74 Å². The minimum atomic E-state index is -3.12. The number of benzene rings is 1. The van der Waals surface area contributed by atoms with E-state index in [1.807, 2.05) is 20.8 Å². The molecule has 1 aliphatic heterocycles. The fraction of sp³-hybridized carbons (Fsp3) is 0.522. The van der Waals surface area contributed by atoms with Crippen LogP contribution in [0.1, 0.15) is 70.1 Å². The van der Waals surface area contributed by atoms with Crippen LogP contribution in [0.2, 0.25) is 0 Å². The Bertz CT molecular complexity index is 1160. The van der Waals surface area contributed by atoms with Crippen molar-refractivity contribution in [1.29, 1.82) is 0 Å². The van der Waals surface area contributed by atoms with Gasteiger partial charge in [0, 0.05) is 22.7 Å². The molecule has 9 nitrogen and oxygen atoms in total. The maximum atomic E-state index is 13.0. The normalized spacial score (nSPS) is 18.1. The predicted molar refractivity (Wildman–Crippen MR) is 127 cm³/mol.